The van der Waals surface area contributed by atoms with Crippen molar-refractivity contribution >= 4 is 94.6 Å². The summed E-state index contributed by atoms with van der Waals surface area (Å²) in [5.41, 5.74) is -1.23. The van der Waals surface area contributed by atoms with Crippen LogP contribution in [0, 0.1) is 5.92 Å². The van der Waals surface area contributed by atoms with Gasteiger partial charge in [0, 0.05) is 92.4 Å². The van der Waals surface area contributed by atoms with Gasteiger partial charge in [-0.1, -0.05) is 60.2 Å². The number of carbonyl (C=O) groups is 9. The highest BCUT2D eigenvalue weighted by atomic mass is 35.5. The van der Waals surface area contributed by atoms with Crippen LogP contribution in [0.2, 0.25) is 5.02 Å². The van der Waals surface area contributed by atoms with Gasteiger partial charge >= 0.3 is 18.2 Å². The van der Waals surface area contributed by atoms with Crippen LogP contribution in [0.4, 0.5) is 20.1 Å². The number of alkyl carbamates (subject to hydrolysis) is 1. The summed E-state index contributed by atoms with van der Waals surface area (Å²) in [6, 6.07) is 2.36. The van der Waals surface area contributed by atoms with Crippen LogP contribution in [0.1, 0.15) is 84.6 Å². The first-order chi connectivity index (χ1) is 39.7. The second-order valence-electron chi connectivity index (χ2n) is 22.0. The molecule has 464 valence electrons. The Labute approximate surface area is 504 Å². The van der Waals surface area contributed by atoms with Gasteiger partial charge in [-0.2, -0.15) is 12.6 Å². The van der Waals surface area contributed by atoms with Gasteiger partial charge in [0.05, 0.1) is 36.7 Å². The molecule has 3 N–H and O–H groups in total. The van der Waals surface area contributed by atoms with E-state index in [0.29, 0.717) is 43.5 Å². The van der Waals surface area contributed by atoms with Crippen LogP contribution in [-0.4, -0.2) is 218 Å². The summed E-state index contributed by atoms with van der Waals surface area (Å²) >= 11 is 11.8. The van der Waals surface area contributed by atoms with Crippen molar-refractivity contribution in [1.82, 2.24) is 30.2 Å². The molecule has 1 aliphatic carbocycles. The number of hydrogen-bond acceptors (Lipinski definition) is 19. The van der Waals surface area contributed by atoms with E-state index in [2.05, 4.69) is 23.3 Å². The fraction of sp³-hybridized carbons (Fsp3) is 0.632. The number of ether oxygens (including phenoxy) is 7. The van der Waals surface area contributed by atoms with Crippen molar-refractivity contribution in [3.05, 3.63) is 58.7 Å². The van der Waals surface area contributed by atoms with E-state index in [4.69, 9.17) is 44.8 Å². The summed E-state index contributed by atoms with van der Waals surface area (Å²) in [7, 11) is 8.97. The molecule has 6 rings (SSSR count). The summed E-state index contributed by atoms with van der Waals surface area (Å²) < 4.78 is 41.0. The molecule has 4 heterocycles. The predicted molar refractivity (Wildman–Crippen MR) is 313 cm³/mol. The van der Waals surface area contributed by atoms with Crippen LogP contribution in [0.25, 0.3) is 0 Å². The van der Waals surface area contributed by atoms with E-state index in [1.165, 1.54) is 54.8 Å². The van der Waals surface area contributed by atoms with Gasteiger partial charge in [-0.25, -0.2) is 14.4 Å². The highest BCUT2D eigenvalue weighted by molar-refractivity contribution is 8.13. The smallest absolute Gasteiger partial charge is 0.410 e. The number of hydrogen-bond donors (Lipinski definition) is 4. The van der Waals surface area contributed by atoms with Crippen molar-refractivity contribution in [2.24, 2.45) is 5.92 Å². The lowest BCUT2D eigenvalue weighted by molar-refractivity contribution is -0.162. The van der Waals surface area contributed by atoms with Crippen LogP contribution >= 0.6 is 36.0 Å². The molecular weight excluding hydrogens is 1150 g/mol. The molecule has 8 amide bonds. The topological polar surface area (TPSA) is 282 Å². The molecule has 24 nitrogen and oxygen atoms in total. The highest BCUT2D eigenvalue weighted by Crippen LogP contribution is 2.49. The van der Waals surface area contributed by atoms with Gasteiger partial charge in [-0.15, -0.1) is 0 Å². The molecular formula is C57H80ClN7O17S2. The van der Waals surface area contributed by atoms with E-state index in [9.17, 15) is 48.3 Å². The number of nitrogens with one attached hydrogen (secondary N) is 2. The zero-order valence-electron chi connectivity index (χ0n) is 49.3. The molecule has 4 aliphatic heterocycles. The van der Waals surface area contributed by atoms with E-state index in [1.54, 1.807) is 58.3 Å². The molecule has 3 saturated heterocycles. The molecule has 5 aliphatic rings. The SMILES string of the molecule is COc1cc2cc(c1Cl)N(C)C(=O)C[C@H](OC(=O)[C@H](C)N(C)C(=O)CCSC(=O)N(C)CCN(C)C(=O)OC1/C=C/CC(OCC(=O)NCCN3C(=O)CC(S)C3=O)CCC1)[C@]1(C)O[C@H]1[C@H](C)[C@@H]1C[C@@](O)(NC(=O)O1)[C@H](OC)/C=C/C=C(\C)C2. The number of methoxy groups -OCH3 is 2. The number of amides is 8. The van der Waals surface area contributed by atoms with Gasteiger partial charge in [-0.3, -0.25) is 39.0 Å². The molecule has 27 heteroatoms. The number of epoxide rings is 1. The molecule has 0 aromatic heterocycles. The largest absolute Gasteiger partial charge is 0.495 e. The summed E-state index contributed by atoms with van der Waals surface area (Å²) in [6.07, 6.45) is 4.77. The zero-order valence-corrected chi connectivity index (χ0v) is 51.8. The molecule has 3 unspecified atom stereocenters. The number of halogens is 1. The number of anilines is 1. The number of thioether (sulfide) groups is 1. The average molecular weight is 1230 g/mol. The van der Waals surface area contributed by atoms with Gasteiger partial charge in [0.1, 0.15) is 53.4 Å². The third-order valence-corrected chi connectivity index (χ3v) is 17.6. The Kier molecular flexibility index (Phi) is 24.0. The Morgan fingerprint density at radius 1 is 1.02 bits per heavy atom. The van der Waals surface area contributed by atoms with Crippen LogP contribution < -0.4 is 20.3 Å². The number of imide groups is 1. The maximum Gasteiger partial charge on any atom is 0.410 e. The Balaban J connectivity index is 0.985. The number of esters is 1. The maximum atomic E-state index is 14.4. The van der Waals surface area contributed by atoms with Crippen molar-refractivity contribution in [3.8, 4) is 5.75 Å². The van der Waals surface area contributed by atoms with Crippen molar-refractivity contribution in [1.29, 1.82) is 0 Å². The number of likely N-dealkylation sites (N-methyl/N-ethyl adjacent to an activating group) is 3. The second kappa shape index (κ2) is 29.9. The number of allylic oxidation sites excluding steroid dienone is 3. The third-order valence-electron chi connectivity index (χ3n) is 15.8. The molecule has 11 atom stereocenters. The summed E-state index contributed by atoms with van der Waals surface area (Å²) in [4.78, 5) is 124. The first kappa shape index (κ1) is 67.2. The lowest BCUT2D eigenvalue weighted by atomic mass is 9.83. The Hall–Kier alpha value is -5.90. The number of benzene rings is 1. The second-order valence-corrected chi connectivity index (χ2v) is 24.1. The number of fused-ring (bicyclic) bond motifs is 5. The molecule has 1 aromatic rings. The van der Waals surface area contributed by atoms with Gasteiger partial charge in [0.25, 0.3) is 5.24 Å². The summed E-state index contributed by atoms with van der Waals surface area (Å²) in [5.74, 6) is -3.09. The normalized spacial score (nSPS) is 29.0. The third kappa shape index (κ3) is 17.4. The summed E-state index contributed by atoms with van der Waals surface area (Å²) in [5, 5.41) is 16.2. The van der Waals surface area contributed by atoms with Gasteiger partial charge < -0.3 is 63.2 Å². The maximum absolute atomic E-state index is 14.4. The molecule has 1 aromatic carbocycles. The summed E-state index contributed by atoms with van der Waals surface area (Å²) in [6.45, 7) is 7.10. The van der Waals surface area contributed by atoms with Gasteiger partial charge in [-0.05, 0) is 76.6 Å². The quantitative estimate of drug-likeness (QED) is 0.0383. The fourth-order valence-corrected chi connectivity index (χ4v) is 11.6. The Morgan fingerprint density at radius 2 is 1.75 bits per heavy atom. The number of thiol groups is 1. The molecule has 0 spiro atoms. The number of carbonyl (C=O) groups excluding carboxylic acids is 9. The van der Waals surface area contributed by atoms with E-state index in [0.717, 1.165) is 27.8 Å². The molecule has 0 radical (unpaired) electrons. The van der Waals surface area contributed by atoms with Crippen molar-refractivity contribution in [2.45, 2.75) is 145 Å². The minimum atomic E-state index is -1.89. The number of rotatable bonds is 18. The molecule has 3 fully saturated rings. The van der Waals surface area contributed by atoms with Crippen molar-refractivity contribution < 1.29 is 81.4 Å². The van der Waals surface area contributed by atoms with E-state index in [-0.39, 0.29) is 91.9 Å². The standard InChI is InChI=1S/C57H80ClN7O17S2/c1-33-14-11-19-43(77-10)57(75)31-41(80-53(72)60-57)34(2)50-56(4,82-50)44(30-47(68)64(8)39-27-36(26-33)28-40(76-9)49(39)58)81-52(71)35(3)63(7)46(67)20-25-84-55(74)62(6)24-23-61(5)54(73)79-38-17-12-15-37(16-13-18-38)78-32-45(66)59-21-22-65-48(69)29-42(83)51(65)70/h11-12,14,17,19,27-28,34-35,37-38,41-44,50,75,83H,13,15-16,18,20-26,29-32H2,1-10H3,(H,59,66)(H,60,72)/b17-12+,19-11+,33-14+/t34-,35+,37?,38?,41+,42?,43-,44+,50+,56+,57+/m1/s1. The fourth-order valence-electron chi connectivity index (χ4n) is 10.3. The average Bonchev–Trinajstić information content (AvgIpc) is 1.72. The molecule has 0 saturated carbocycles. The Morgan fingerprint density at radius 3 is 2.44 bits per heavy atom. The first-order valence-electron chi connectivity index (χ1n) is 27.9. The van der Waals surface area contributed by atoms with Crippen LogP contribution in [0.15, 0.2) is 48.1 Å². The van der Waals surface area contributed by atoms with Gasteiger partial charge in [0.2, 0.25) is 29.5 Å². The molecule has 4 bridgehead atoms. The van der Waals surface area contributed by atoms with Crippen LogP contribution in [0.5, 0.6) is 5.75 Å². The monoisotopic (exact) mass is 1230 g/mol. The number of aliphatic hydroxyl groups is 1. The van der Waals surface area contributed by atoms with Crippen molar-refractivity contribution in [3.63, 3.8) is 0 Å². The number of nitrogens with zero attached hydrogens (tertiary/aromatic N) is 5. The predicted octanol–water partition coefficient (Wildman–Crippen LogP) is 4.82. The first-order valence-corrected chi connectivity index (χ1v) is 29.8. The van der Waals surface area contributed by atoms with Crippen molar-refractivity contribution in [2.75, 3.05) is 85.8 Å². The van der Waals surface area contributed by atoms with E-state index >= 15 is 0 Å². The minimum absolute atomic E-state index is 0.0421. The minimum Gasteiger partial charge on any atom is -0.495 e. The van der Waals surface area contributed by atoms with Gasteiger partial charge in [0.15, 0.2) is 5.72 Å². The van der Waals surface area contributed by atoms with Crippen LogP contribution in [-0.2, 0) is 63.6 Å². The Bertz CT molecular complexity index is 2720. The zero-order chi connectivity index (χ0) is 61.8. The van der Waals surface area contributed by atoms with E-state index in [1.807, 2.05) is 19.1 Å². The van der Waals surface area contributed by atoms with Crippen LogP contribution in [0.3, 0.4) is 0 Å². The lowest BCUT2D eigenvalue weighted by Crippen LogP contribution is -2.63. The highest BCUT2D eigenvalue weighted by Gasteiger charge is 2.64. The lowest BCUT2D eigenvalue weighted by Gasteiger charge is -2.42. The number of likely N-dealkylation sites (tertiary alicyclic amines) is 1. The molecule has 84 heavy (non-hydrogen) atoms. The van der Waals surface area contributed by atoms with E-state index < -0.39 is 95.4 Å².